The lowest BCUT2D eigenvalue weighted by molar-refractivity contribution is 0.0817. The van der Waals surface area contributed by atoms with Gasteiger partial charge >= 0.3 is 0 Å². The largest absolute Gasteiger partial charge is 0.285 e. The van der Waals surface area contributed by atoms with Crippen molar-refractivity contribution in [2.75, 3.05) is 0 Å². The van der Waals surface area contributed by atoms with Gasteiger partial charge in [-0.15, -0.1) is 0 Å². The number of hydrogen-bond donors (Lipinski definition) is 0. The van der Waals surface area contributed by atoms with E-state index in [1.165, 1.54) is 0 Å². The Morgan fingerprint density at radius 1 is 0.850 bits per heavy atom. The summed E-state index contributed by atoms with van der Waals surface area (Å²) < 4.78 is 0. The van der Waals surface area contributed by atoms with Crippen molar-refractivity contribution in [3.05, 3.63) is 65.7 Å². The van der Waals surface area contributed by atoms with Gasteiger partial charge in [0.15, 0.2) is 7.38 Å². The molecule has 0 aliphatic rings. The molecule has 0 atom stereocenters. The van der Waals surface area contributed by atoms with Gasteiger partial charge in [0.1, 0.15) is 0 Å². The third-order valence-electron chi connectivity index (χ3n) is 3.05. The molecule has 2 aromatic rings. The van der Waals surface area contributed by atoms with Gasteiger partial charge in [0.2, 0.25) is 11.6 Å². The minimum Gasteiger partial charge on any atom is -0.285 e. The first-order chi connectivity index (χ1) is 9.41. The van der Waals surface area contributed by atoms with Gasteiger partial charge in [-0.2, -0.15) is 11.1 Å². The Morgan fingerprint density at radius 2 is 1.40 bits per heavy atom. The standard InChI is InChI=1S/C16H15ClO2Si/c1-20(2,17)14-11-7-6-10-13(14)16(19)15(18)12-8-4-3-5-9-12/h3-11H,1-2H3. The van der Waals surface area contributed by atoms with Crippen LogP contribution in [0.15, 0.2) is 54.6 Å². The van der Waals surface area contributed by atoms with E-state index in [0.29, 0.717) is 11.1 Å². The quantitative estimate of drug-likeness (QED) is 0.375. The molecule has 2 rings (SSSR count). The fourth-order valence-electron chi connectivity index (χ4n) is 2.04. The van der Waals surface area contributed by atoms with E-state index in [-0.39, 0.29) is 0 Å². The molecule has 0 saturated carbocycles. The van der Waals surface area contributed by atoms with Crippen LogP contribution >= 0.6 is 11.1 Å². The van der Waals surface area contributed by atoms with Crippen LogP contribution < -0.4 is 5.19 Å². The number of hydrogen-bond acceptors (Lipinski definition) is 2. The average molecular weight is 303 g/mol. The first kappa shape index (κ1) is 14.7. The van der Waals surface area contributed by atoms with Crippen LogP contribution in [0.5, 0.6) is 0 Å². The Balaban J connectivity index is 2.43. The summed E-state index contributed by atoms with van der Waals surface area (Å²) in [5, 5.41) is 0.802. The first-order valence-electron chi connectivity index (χ1n) is 6.34. The zero-order valence-corrected chi connectivity index (χ0v) is 13.1. The van der Waals surface area contributed by atoms with Gasteiger partial charge in [0, 0.05) is 11.1 Å². The summed E-state index contributed by atoms with van der Waals surface area (Å²) in [6.45, 7) is 3.88. The molecule has 2 nitrogen and oxygen atoms in total. The maximum atomic E-state index is 12.4. The maximum Gasteiger partial charge on any atom is 0.233 e. The fraction of sp³-hybridized carbons (Fsp3) is 0.125. The molecule has 0 unspecified atom stereocenters. The van der Waals surface area contributed by atoms with E-state index >= 15 is 0 Å². The highest BCUT2D eigenvalue weighted by atomic mass is 35.6. The number of ketones is 2. The van der Waals surface area contributed by atoms with Gasteiger partial charge in [-0.3, -0.25) is 9.59 Å². The molecular weight excluding hydrogens is 288 g/mol. The van der Waals surface area contributed by atoms with Crippen molar-refractivity contribution >= 4 is 35.2 Å². The Kier molecular flexibility index (Phi) is 4.21. The Labute approximate surface area is 124 Å². The summed E-state index contributed by atoms with van der Waals surface area (Å²) >= 11 is 6.43. The molecule has 102 valence electrons. The maximum absolute atomic E-state index is 12.4. The zero-order chi connectivity index (χ0) is 14.8. The van der Waals surface area contributed by atoms with Gasteiger partial charge in [-0.1, -0.05) is 67.7 Å². The molecule has 0 saturated heterocycles. The summed E-state index contributed by atoms with van der Waals surface area (Å²) in [7, 11) is -2.19. The second-order valence-corrected chi connectivity index (χ2v) is 11.4. The Morgan fingerprint density at radius 3 is 2.00 bits per heavy atom. The minimum absolute atomic E-state index is 0.404. The van der Waals surface area contributed by atoms with Crippen molar-refractivity contribution in [1.82, 2.24) is 0 Å². The third kappa shape index (κ3) is 3.06. The van der Waals surface area contributed by atoms with Crippen molar-refractivity contribution in [3.8, 4) is 0 Å². The van der Waals surface area contributed by atoms with Crippen molar-refractivity contribution in [3.63, 3.8) is 0 Å². The highest BCUT2D eigenvalue weighted by Gasteiger charge is 2.28. The SMILES string of the molecule is C[Si](C)(Cl)c1ccccc1C(=O)C(=O)c1ccccc1. The van der Waals surface area contributed by atoms with Crippen LogP contribution in [-0.4, -0.2) is 19.0 Å². The van der Waals surface area contributed by atoms with Crippen LogP contribution in [0.4, 0.5) is 0 Å². The first-order valence-corrected chi connectivity index (χ1v) is 10.3. The van der Waals surface area contributed by atoms with Gasteiger partial charge in [0.25, 0.3) is 0 Å². The van der Waals surface area contributed by atoms with Crippen molar-refractivity contribution in [1.29, 1.82) is 0 Å². The highest BCUT2D eigenvalue weighted by molar-refractivity contribution is 7.26. The molecule has 0 aromatic heterocycles. The normalized spacial score (nSPS) is 11.2. The molecule has 20 heavy (non-hydrogen) atoms. The number of carbonyl (C=O) groups excluding carboxylic acids is 2. The summed E-state index contributed by atoms with van der Waals surface area (Å²) in [6.07, 6.45) is 0. The van der Waals surface area contributed by atoms with Crippen molar-refractivity contribution < 1.29 is 9.59 Å². The van der Waals surface area contributed by atoms with E-state index in [4.69, 9.17) is 11.1 Å². The number of halogens is 1. The monoisotopic (exact) mass is 302 g/mol. The summed E-state index contributed by atoms with van der Waals surface area (Å²) in [5.41, 5.74) is 0.828. The van der Waals surface area contributed by atoms with E-state index in [0.717, 1.165) is 5.19 Å². The molecule has 0 heterocycles. The molecule has 0 bridgehead atoms. The van der Waals surface area contributed by atoms with Crippen LogP contribution in [0, 0.1) is 0 Å². The van der Waals surface area contributed by atoms with Gasteiger partial charge in [-0.25, -0.2) is 0 Å². The average Bonchev–Trinajstić information content (AvgIpc) is 2.46. The number of carbonyl (C=O) groups is 2. The number of rotatable bonds is 4. The van der Waals surface area contributed by atoms with Crippen LogP contribution in [0.3, 0.4) is 0 Å². The molecule has 0 radical (unpaired) electrons. The lowest BCUT2D eigenvalue weighted by atomic mass is 10.0. The summed E-state index contributed by atoms with van der Waals surface area (Å²) in [6, 6.07) is 15.7. The smallest absolute Gasteiger partial charge is 0.233 e. The highest BCUT2D eigenvalue weighted by Crippen LogP contribution is 2.14. The molecule has 0 fully saturated rings. The molecule has 0 N–H and O–H groups in total. The molecule has 2 aromatic carbocycles. The molecule has 0 amide bonds. The zero-order valence-electron chi connectivity index (χ0n) is 11.4. The second kappa shape index (κ2) is 5.73. The lowest BCUT2D eigenvalue weighted by Crippen LogP contribution is -2.40. The van der Waals surface area contributed by atoms with E-state index in [9.17, 15) is 9.59 Å². The predicted octanol–water partition coefficient (Wildman–Crippen LogP) is 3.40. The van der Waals surface area contributed by atoms with E-state index in [1.807, 2.05) is 31.3 Å². The van der Waals surface area contributed by atoms with Gasteiger partial charge < -0.3 is 0 Å². The second-order valence-electron chi connectivity index (χ2n) is 5.04. The fourth-order valence-corrected chi connectivity index (χ4v) is 3.87. The van der Waals surface area contributed by atoms with E-state index < -0.39 is 19.0 Å². The topological polar surface area (TPSA) is 34.1 Å². The van der Waals surface area contributed by atoms with Gasteiger partial charge in [0.05, 0.1) is 0 Å². The van der Waals surface area contributed by atoms with E-state index in [1.54, 1.807) is 36.4 Å². The van der Waals surface area contributed by atoms with E-state index in [2.05, 4.69) is 0 Å². The van der Waals surface area contributed by atoms with Crippen LogP contribution in [0.2, 0.25) is 13.1 Å². The Bertz CT molecular complexity index is 645. The van der Waals surface area contributed by atoms with Crippen molar-refractivity contribution in [2.45, 2.75) is 13.1 Å². The number of benzene rings is 2. The van der Waals surface area contributed by atoms with Gasteiger partial charge in [-0.05, 0) is 5.19 Å². The molecule has 0 aliphatic carbocycles. The lowest BCUT2D eigenvalue weighted by Gasteiger charge is -2.17. The molecule has 0 spiro atoms. The Hall–Kier alpha value is -1.71. The summed E-state index contributed by atoms with van der Waals surface area (Å²) in [5.74, 6) is -0.985. The molecule has 4 heteroatoms. The predicted molar refractivity (Wildman–Crippen MR) is 84.5 cm³/mol. The molecular formula is C16H15ClO2Si. The minimum atomic E-state index is -2.19. The van der Waals surface area contributed by atoms with Crippen LogP contribution in [-0.2, 0) is 0 Å². The third-order valence-corrected chi connectivity index (χ3v) is 5.38. The molecule has 0 aliphatic heterocycles. The summed E-state index contributed by atoms with van der Waals surface area (Å²) in [4.78, 5) is 24.7. The van der Waals surface area contributed by atoms with Crippen molar-refractivity contribution in [2.24, 2.45) is 0 Å². The van der Waals surface area contributed by atoms with Crippen LogP contribution in [0.25, 0.3) is 0 Å². The van der Waals surface area contributed by atoms with Crippen LogP contribution in [0.1, 0.15) is 20.7 Å². The number of Topliss-reactive ketones (excluding diaryl/α,β-unsaturated/α-hetero) is 2.